The Labute approximate surface area is 177 Å². The maximum Gasteiger partial charge on any atom is 0.273 e. The first-order valence-electron chi connectivity index (χ1n) is 9.85. The second-order valence-electron chi connectivity index (χ2n) is 6.97. The Hall–Kier alpha value is -2.86. The Balaban J connectivity index is 1.43. The predicted molar refractivity (Wildman–Crippen MR) is 119 cm³/mol. The summed E-state index contributed by atoms with van der Waals surface area (Å²) in [7, 11) is 0. The number of ether oxygens (including phenoxy) is 2. The van der Waals surface area contributed by atoms with E-state index < -0.39 is 0 Å². The van der Waals surface area contributed by atoms with Crippen molar-refractivity contribution in [2.75, 3.05) is 13.2 Å². The van der Waals surface area contributed by atoms with Gasteiger partial charge >= 0.3 is 0 Å². The minimum atomic E-state index is -0.226. The minimum absolute atomic E-state index is 0.226. The van der Waals surface area contributed by atoms with Crippen LogP contribution in [0.3, 0.4) is 0 Å². The van der Waals surface area contributed by atoms with Crippen LogP contribution in [0.25, 0.3) is 6.08 Å². The number of carbonyl (C=O) groups is 1. The second kappa shape index (κ2) is 10.1. The van der Waals surface area contributed by atoms with Crippen LogP contribution in [0.1, 0.15) is 43.7 Å². The van der Waals surface area contributed by atoms with Crippen LogP contribution in [-0.2, 0) is 4.79 Å². The smallest absolute Gasteiger partial charge is 0.273 e. The van der Waals surface area contributed by atoms with Gasteiger partial charge in [0.2, 0.25) is 0 Å². The van der Waals surface area contributed by atoms with E-state index in [0.717, 1.165) is 29.9 Å². The van der Waals surface area contributed by atoms with Crippen molar-refractivity contribution >= 4 is 29.3 Å². The summed E-state index contributed by atoms with van der Waals surface area (Å²) in [5.41, 5.74) is 2.63. The Morgan fingerprint density at radius 2 is 1.76 bits per heavy atom. The third kappa shape index (κ3) is 6.06. The van der Waals surface area contributed by atoms with Gasteiger partial charge in [0.15, 0.2) is 5.11 Å². The Bertz CT molecular complexity index is 893. The van der Waals surface area contributed by atoms with E-state index in [0.29, 0.717) is 29.9 Å². The van der Waals surface area contributed by atoms with Gasteiger partial charge in [-0.3, -0.25) is 10.1 Å². The van der Waals surface area contributed by atoms with E-state index in [1.165, 1.54) is 5.56 Å². The number of hydrogen-bond donors (Lipinski definition) is 2. The molecule has 2 N–H and O–H groups in total. The van der Waals surface area contributed by atoms with E-state index >= 15 is 0 Å². The molecule has 1 amide bonds. The molecule has 2 aromatic rings. The van der Waals surface area contributed by atoms with Gasteiger partial charge in [0.1, 0.15) is 17.2 Å². The van der Waals surface area contributed by atoms with E-state index in [2.05, 4.69) is 36.6 Å². The fraction of sp³-hybridized carbons (Fsp3) is 0.304. The van der Waals surface area contributed by atoms with Gasteiger partial charge in [-0.2, -0.15) is 0 Å². The number of rotatable bonds is 9. The summed E-state index contributed by atoms with van der Waals surface area (Å²) in [6.45, 7) is 5.56. The molecular formula is C23H26N2O3S. The van der Waals surface area contributed by atoms with Crippen molar-refractivity contribution in [3.05, 3.63) is 65.4 Å². The van der Waals surface area contributed by atoms with Crippen LogP contribution in [0.4, 0.5) is 0 Å². The van der Waals surface area contributed by atoms with Gasteiger partial charge < -0.3 is 14.8 Å². The van der Waals surface area contributed by atoms with E-state index in [4.69, 9.17) is 21.7 Å². The predicted octanol–water partition coefficient (Wildman–Crippen LogP) is 4.39. The van der Waals surface area contributed by atoms with Crippen molar-refractivity contribution in [3.8, 4) is 11.5 Å². The summed E-state index contributed by atoms with van der Waals surface area (Å²) in [5.74, 6) is 1.97. The Morgan fingerprint density at radius 1 is 1.03 bits per heavy atom. The average Bonchev–Trinajstić information content (AvgIpc) is 3.04. The zero-order chi connectivity index (χ0) is 20.6. The van der Waals surface area contributed by atoms with Crippen LogP contribution < -0.4 is 20.1 Å². The van der Waals surface area contributed by atoms with Gasteiger partial charge in [0.25, 0.3) is 5.91 Å². The maximum absolute atomic E-state index is 11.7. The van der Waals surface area contributed by atoms with Crippen molar-refractivity contribution in [2.45, 2.75) is 32.6 Å². The zero-order valence-corrected chi connectivity index (χ0v) is 17.6. The SMILES string of the molecule is CCC(C)c1ccc(OCCCOc2cccc(C=C3NC(=S)NC3=O)c2)cc1. The lowest BCUT2D eigenvalue weighted by molar-refractivity contribution is -0.115. The zero-order valence-electron chi connectivity index (χ0n) is 16.7. The summed E-state index contributed by atoms with van der Waals surface area (Å²) >= 11 is 4.94. The molecule has 0 aromatic heterocycles. The molecule has 0 spiro atoms. The molecule has 0 radical (unpaired) electrons. The first-order valence-corrected chi connectivity index (χ1v) is 10.3. The van der Waals surface area contributed by atoms with Crippen molar-refractivity contribution in [1.29, 1.82) is 0 Å². The number of amides is 1. The lowest BCUT2D eigenvalue weighted by Crippen LogP contribution is -2.21. The van der Waals surface area contributed by atoms with Crippen LogP contribution >= 0.6 is 12.2 Å². The maximum atomic E-state index is 11.7. The van der Waals surface area contributed by atoms with Gasteiger partial charge in [-0.25, -0.2) is 0 Å². The molecule has 5 nitrogen and oxygen atoms in total. The van der Waals surface area contributed by atoms with Crippen molar-refractivity contribution in [3.63, 3.8) is 0 Å². The topological polar surface area (TPSA) is 59.6 Å². The van der Waals surface area contributed by atoms with Crippen LogP contribution in [0.5, 0.6) is 11.5 Å². The standard InChI is InChI=1S/C23H26N2O3S/c1-3-16(2)18-8-10-19(11-9-18)27-12-5-13-28-20-7-4-6-17(14-20)15-21-22(26)25-23(29)24-21/h4,6-11,14-16H,3,5,12-13H2,1-2H3,(H2,24,25,26,29). The first kappa shape index (κ1) is 20.9. The fourth-order valence-corrected chi connectivity index (χ4v) is 3.11. The highest BCUT2D eigenvalue weighted by molar-refractivity contribution is 7.80. The van der Waals surface area contributed by atoms with Crippen LogP contribution in [0.2, 0.25) is 0 Å². The van der Waals surface area contributed by atoms with E-state index in [1.807, 2.05) is 36.4 Å². The molecule has 152 valence electrons. The molecule has 6 heteroatoms. The molecule has 1 atom stereocenters. The third-order valence-corrected chi connectivity index (χ3v) is 4.98. The molecular weight excluding hydrogens is 384 g/mol. The number of carbonyl (C=O) groups excluding carboxylic acids is 1. The molecule has 3 rings (SSSR count). The number of benzene rings is 2. The second-order valence-corrected chi connectivity index (χ2v) is 7.38. The molecule has 1 aliphatic heterocycles. The van der Waals surface area contributed by atoms with Gasteiger partial charge in [0.05, 0.1) is 13.2 Å². The minimum Gasteiger partial charge on any atom is -0.493 e. The highest BCUT2D eigenvalue weighted by Crippen LogP contribution is 2.21. The average molecular weight is 411 g/mol. The Kier molecular flexibility index (Phi) is 7.25. The molecule has 1 heterocycles. The van der Waals surface area contributed by atoms with E-state index in [-0.39, 0.29) is 5.91 Å². The van der Waals surface area contributed by atoms with Crippen molar-refractivity contribution < 1.29 is 14.3 Å². The van der Waals surface area contributed by atoms with E-state index in [9.17, 15) is 4.79 Å². The van der Waals surface area contributed by atoms with Gasteiger partial charge in [-0.15, -0.1) is 0 Å². The fourth-order valence-electron chi connectivity index (χ4n) is 2.91. The van der Waals surface area contributed by atoms with Gasteiger partial charge in [0, 0.05) is 6.42 Å². The number of nitrogens with one attached hydrogen (secondary N) is 2. The molecule has 0 aliphatic carbocycles. The monoisotopic (exact) mass is 410 g/mol. The lowest BCUT2D eigenvalue weighted by Gasteiger charge is -2.11. The largest absolute Gasteiger partial charge is 0.493 e. The normalized spacial score (nSPS) is 15.7. The third-order valence-electron chi connectivity index (χ3n) is 4.78. The number of thiocarbonyl (C=S) groups is 1. The molecule has 1 saturated heterocycles. The first-order chi connectivity index (χ1) is 14.0. The summed E-state index contributed by atoms with van der Waals surface area (Å²) in [5, 5.41) is 5.70. The molecule has 2 aromatic carbocycles. The van der Waals surface area contributed by atoms with Gasteiger partial charge in [-0.1, -0.05) is 38.1 Å². The van der Waals surface area contributed by atoms with E-state index in [1.54, 1.807) is 6.08 Å². The molecule has 1 unspecified atom stereocenters. The Morgan fingerprint density at radius 3 is 2.41 bits per heavy atom. The summed E-state index contributed by atoms with van der Waals surface area (Å²) in [6.07, 6.45) is 3.65. The molecule has 0 bridgehead atoms. The summed E-state index contributed by atoms with van der Waals surface area (Å²) in [6, 6.07) is 15.9. The molecule has 1 aliphatic rings. The van der Waals surface area contributed by atoms with Crippen LogP contribution in [-0.4, -0.2) is 24.2 Å². The van der Waals surface area contributed by atoms with Crippen LogP contribution in [0, 0.1) is 0 Å². The van der Waals surface area contributed by atoms with Gasteiger partial charge in [-0.05, 0) is 66.0 Å². The summed E-state index contributed by atoms with van der Waals surface area (Å²) < 4.78 is 11.6. The number of hydrogen-bond acceptors (Lipinski definition) is 4. The molecule has 29 heavy (non-hydrogen) atoms. The van der Waals surface area contributed by atoms with Crippen molar-refractivity contribution in [1.82, 2.24) is 10.6 Å². The highest BCUT2D eigenvalue weighted by atomic mass is 32.1. The van der Waals surface area contributed by atoms with Crippen molar-refractivity contribution in [2.24, 2.45) is 0 Å². The quantitative estimate of drug-likeness (QED) is 0.365. The highest BCUT2D eigenvalue weighted by Gasteiger charge is 2.19. The summed E-state index contributed by atoms with van der Waals surface area (Å²) in [4.78, 5) is 11.7. The molecule has 1 fully saturated rings. The lowest BCUT2D eigenvalue weighted by atomic mass is 9.99. The van der Waals surface area contributed by atoms with Crippen LogP contribution in [0.15, 0.2) is 54.2 Å². The molecule has 0 saturated carbocycles.